The number of anilines is 1. The van der Waals surface area contributed by atoms with Gasteiger partial charge in [-0.15, -0.1) is 22.7 Å². The molecular weight excluding hydrogens is 511 g/mol. The number of carbonyl (C=O) groups excluding carboxylic acids is 1. The van der Waals surface area contributed by atoms with Crippen LogP contribution in [-0.4, -0.2) is 17.1 Å². The molecule has 5 rings (SSSR count). The van der Waals surface area contributed by atoms with Gasteiger partial charge >= 0.3 is 29.6 Å². The molecule has 4 aromatic rings. The van der Waals surface area contributed by atoms with Gasteiger partial charge in [0.15, 0.2) is 5.13 Å². The summed E-state index contributed by atoms with van der Waals surface area (Å²) >= 11 is 3.24. The number of hydrogen-bond donors (Lipinski definition) is 0. The Morgan fingerprint density at radius 2 is 1.76 bits per heavy atom. The smallest absolute Gasteiger partial charge is 0.545 e. The van der Waals surface area contributed by atoms with E-state index in [-0.39, 0.29) is 35.1 Å². The van der Waals surface area contributed by atoms with Crippen LogP contribution >= 0.6 is 22.7 Å². The molecular formula is C29H29N2NaO3S2. The van der Waals surface area contributed by atoms with E-state index in [1.165, 1.54) is 17.7 Å². The molecule has 186 valence electrons. The fourth-order valence-electron chi connectivity index (χ4n) is 4.63. The minimum Gasteiger partial charge on any atom is -0.545 e. The second kappa shape index (κ2) is 13.1. The first-order valence-corrected chi connectivity index (χ1v) is 14.1. The van der Waals surface area contributed by atoms with Gasteiger partial charge in [0.1, 0.15) is 5.75 Å². The Bertz CT molecular complexity index is 1280. The molecule has 2 heterocycles. The summed E-state index contributed by atoms with van der Waals surface area (Å²) in [4.78, 5) is 19.9. The van der Waals surface area contributed by atoms with Gasteiger partial charge < -0.3 is 19.5 Å². The molecule has 0 radical (unpaired) electrons. The summed E-state index contributed by atoms with van der Waals surface area (Å²) in [5.41, 5.74) is 2.86. The fraction of sp³-hybridized carbons (Fsp3) is 0.310. The van der Waals surface area contributed by atoms with Crippen LogP contribution in [-0.2, 0) is 13.1 Å². The third-order valence-electron chi connectivity index (χ3n) is 6.70. The predicted octanol–water partition coefficient (Wildman–Crippen LogP) is 3.40. The van der Waals surface area contributed by atoms with Crippen LogP contribution in [0.2, 0.25) is 0 Å². The molecule has 5 nitrogen and oxygen atoms in total. The van der Waals surface area contributed by atoms with Gasteiger partial charge in [-0.25, -0.2) is 4.98 Å². The largest absolute Gasteiger partial charge is 1.00 e. The van der Waals surface area contributed by atoms with Crippen molar-refractivity contribution >= 4 is 33.8 Å². The molecule has 0 spiro atoms. The van der Waals surface area contributed by atoms with Gasteiger partial charge in [-0.2, -0.15) is 0 Å². The first kappa shape index (κ1) is 27.9. The van der Waals surface area contributed by atoms with Gasteiger partial charge in [-0.05, 0) is 72.9 Å². The quantitative estimate of drug-likeness (QED) is 0.305. The van der Waals surface area contributed by atoms with Crippen molar-refractivity contribution in [1.29, 1.82) is 0 Å². The third kappa shape index (κ3) is 7.24. The number of carboxylic acids is 1. The number of thiophene rings is 1. The van der Waals surface area contributed by atoms with Gasteiger partial charge in [0.2, 0.25) is 0 Å². The van der Waals surface area contributed by atoms with Crippen LogP contribution in [0.25, 0.3) is 11.3 Å². The van der Waals surface area contributed by atoms with Crippen molar-refractivity contribution in [1.82, 2.24) is 4.98 Å². The molecule has 0 saturated heterocycles. The minimum absolute atomic E-state index is 0. The van der Waals surface area contributed by atoms with Crippen molar-refractivity contribution in [3.05, 3.63) is 87.4 Å². The summed E-state index contributed by atoms with van der Waals surface area (Å²) < 4.78 is 6.22. The van der Waals surface area contributed by atoms with E-state index in [0.717, 1.165) is 40.9 Å². The van der Waals surface area contributed by atoms with Crippen LogP contribution in [0.15, 0.2) is 71.4 Å². The second-order valence-corrected chi connectivity index (χ2v) is 11.3. The van der Waals surface area contributed by atoms with Crippen LogP contribution in [0.4, 0.5) is 5.13 Å². The maximum Gasteiger partial charge on any atom is 1.00 e. The Labute approximate surface area is 248 Å². The monoisotopic (exact) mass is 540 g/mol. The molecule has 0 atom stereocenters. The molecule has 1 saturated carbocycles. The molecule has 2 aromatic heterocycles. The molecule has 1 aliphatic rings. The van der Waals surface area contributed by atoms with Crippen molar-refractivity contribution < 1.29 is 44.2 Å². The molecule has 0 N–H and O–H groups in total. The number of carboxylic acid groups (broad SMARTS) is 1. The summed E-state index contributed by atoms with van der Waals surface area (Å²) in [7, 11) is 0. The number of carbonyl (C=O) groups is 1. The number of ether oxygens (including phenoxy) is 1. The number of aromatic nitrogens is 1. The van der Waals surface area contributed by atoms with E-state index in [9.17, 15) is 9.90 Å². The summed E-state index contributed by atoms with van der Waals surface area (Å²) in [6.07, 6.45) is 5.03. The molecule has 2 aromatic carbocycles. The second-order valence-electron chi connectivity index (χ2n) is 9.42. The third-order valence-corrected chi connectivity index (χ3v) is 8.47. The van der Waals surface area contributed by atoms with Crippen molar-refractivity contribution in [2.45, 2.75) is 51.8 Å². The molecule has 8 heteroatoms. The van der Waals surface area contributed by atoms with E-state index in [1.54, 1.807) is 34.8 Å². The van der Waals surface area contributed by atoms with E-state index < -0.39 is 5.97 Å². The van der Waals surface area contributed by atoms with E-state index in [0.29, 0.717) is 24.8 Å². The Hall–Kier alpha value is -2.16. The molecule has 1 aliphatic carbocycles. The first-order valence-electron chi connectivity index (χ1n) is 12.3. The maximum atomic E-state index is 11.7. The average Bonchev–Trinajstić information content (AvgIpc) is 3.58. The van der Waals surface area contributed by atoms with Gasteiger partial charge in [-0.1, -0.05) is 37.3 Å². The zero-order valence-corrected chi connectivity index (χ0v) is 24.9. The Kier molecular flexibility index (Phi) is 9.84. The number of nitrogens with zero attached hydrogens (tertiary/aromatic N) is 2. The molecule has 0 unspecified atom stereocenters. The summed E-state index contributed by atoms with van der Waals surface area (Å²) in [5.74, 6) is 0.554. The van der Waals surface area contributed by atoms with Gasteiger partial charge in [0.25, 0.3) is 0 Å². The fourth-order valence-corrected chi connectivity index (χ4v) is 6.19. The molecule has 0 bridgehead atoms. The molecule has 0 aliphatic heterocycles. The SMILES string of the molecule is CC1CCC(Oc2ccc(-c3csc(N(Cc4cccs4)Cc4ccccc4C(=O)[O-])n3)cc2)CC1.[Na+]. The zero-order chi connectivity index (χ0) is 24.9. The number of aromatic carboxylic acids is 1. The van der Waals surface area contributed by atoms with Crippen LogP contribution < -0.4 is 44.3 Å². The number of rotatable bonds is 9. The van der Waals surface area contributed by atoms with Crippen LogP contribution in [0.3, 0.4) is 0 Å². The zero-order valence-electron chi connectivity index (χ0n) is 21.3. The Morgan fingerprint density at radius 3 is 2.46 bits per heavy atom. The minimum atomic E-state index is -1.16. The Balaban J connectivity index is 0.00000320. The van der Waals surface area contributed by atoms with Gasteiger partial charge in [0, 0.05) is 27.9 Å². The number of benzene rings is 2. The van der Waals surface area contributed by atoms with Crippen molar-refractivity contribution in [2.75, 3.05) is 4.90 Å². The van der Waals surface area contributed by atoms with E-state index in [1.807, 2.05) is 35.7 Å². The first-order chi connectivity index (χ1) is 17.5. The van der Waals surface area contributed by atoms with Crippen molar-refractivity contribution in [3.63, 3.8) is 0 Å². The standard InChI is InChI=1S/C29H30N2O3S2.Na/c1-20-8-12-23(13-9-20)34-24-14-10-21(11-15-24)27-19-36-29(30-27)31(18-25-6-4-16-35-25)17-22-5-2-3-7-26(22)28(32)33;/h2-7,10-11,14-16,19-20,23H,8-9,12-13,17-18H2,1H3,(H,32,33);/q;+1/p-1. The van der Waals surface area contributed by atoms with Crippen molar-refractivity contribution in [3.8, 4) is 17.0 Å². The number of thiazole rings is 1. The van der Waals surface area contributed by atoms with E-state index in [4.69, 9.17) is 9.72 Å². The van der Waals surface area contributed by atoms with E-state index in [2.05, 4.69) is 35.4 Å². The van der Waals surface area contributed by atoms with Gasteiger partial charge in [0.05, 0.1) is 24.3 Å². The summed E-state index contributed by atoms with van der Waals surface area (Å²) in [6, 6.07) is 19.3. The summed E-state index contributed by atoms with van der Waals surface area (Å²) in [6.45, 7) is 3.40. The topological polar surface area (TPSA) is 65.5 Å². The van der Waals surface area contributed by atoms with Gasteiger partial charge in [-0.3, -0.25) is 0 Å². The molecule has 1 fully saturated rings. The average molecular weight is 541 g/mol. The normalized spacial score (nSPS) is 17.1. The molecule has 0 amide bonds. The predicted molar refractivity (Wildman–Crippen MR) is 145 cm³/mol. The van der Waals surface area contributed by atoms with E-state index >= 15 is 0 Å². The molecule has 37 heavy (non-hydrogen) atoms. The maximum absolute atomic E-state index is 11.7. The van der Waals surface area contributed by atoms with Crippen LogP contribution in [0.1, 0.15) is 53.4 Å². The Morgan fingerprint density at radius 1 is 1.00 bits per heavy atom. The van der Waals surface area contributed by atoms with Crippen LogP contribution in [0, 0.1) is 5.92 Å². The van der Waals surface area contributed by atoms with Crippen LogP contribution in [0.5, 0.6) is 5.75 Å². The number of hydrogen-bond acceptors (Lipinski definition) is 7. The van der Waals surface area contributed by atoms with Crippen molar-refractivity contribution in [2.24, 2.45) is 5.92 Å². The summed E-state index contributed by atoms with van der Waals surface area (Å²) in [5, 5.41) is 16.6.